The molecule has 0 aliphatic rings. The molecule has 3 rings (SSSR count). The standard InChI is InChI=1S/C30H42O2Si2/c1-29(2,3)33(7,8)32-28(25-18-12-9-13-19-25)24-31-34(30(4,5)6,26-20-14-10-15-21-26)27-22-16-11-17-23-27/h9-23,28H,24H2,1-8H3/t28-/m1/s1. The first-order valence-electron chi connectivity index (χ1n) is 12.4. The van der Waals surface area contributed by atoms with Crippen LogP contribution in [0.25, 0.3) is 0 Å². The number of rotatable bonds is 8. The largest absolute Gasteiger partial charge is 0.408 e. The van der Waals surface area contributed by atoms with Crippen molar-refractivity contribution in [1.82, 2.24) is 0 Å². The van der Waals surface area contributed by atoms with Crippen molar-refractivity contribution in [2.24, 2.45) is 0 Å². The van der Waals surface area contributed by atoms with Gasteiger partial charge in [0.25, 0.3) is 8.32 Å². The SMILES string of the molecule is CC(C)(C)[Si](C)(C)O[C@H](CO[Si](c1ccccc1)(c1ccccc1)C(C)(C)C)c1ccccc1. The van der Waals surface area contributed by atoms with E-state index in [0.29, 0.717) is 6.61 Å². The minimum Gasteiger partial charge on any atom is -0.408 e. The minimum atomic E-state index is -2.63. The molecule has 3 aromatic carbocycles. The highest BCUT2D eigenvalue weighted by atomic mass is 28.4. The second-order valence-corrected chi connectivity index (χ2v) is 20.8. The topological polar surface area (TPSA) is 18.5 Å². The van der Waals surface area contributed by atoms with Gasteiger partial charge in [-0.2, -0.15) is 0 Å². The number of hydrogen-bond acceptors (Lipinski definition) is 2. The van der Waals surface area contributed by atoms with Gasteiger partial charge < -0.3 is 8.85 Å². The number of hydrogen-bond donors (Lipinski definition) is 0. The van der Waals surface area contributed by atoms with Gasteiger partial charge >= 0.3 is 0 Å². The molecule has 0 heterocycles. The van der Waals surface area contributed by atoms with Crippen molar-refractivity contribution in [2.45, 2.75) is 70.8 Å². The van der Waals surface area contributed by atoms with Gasteiger partial charge in [-0.05, 0) is 39.1 Å². The van der Waals surface area contributed by atoms with E-state index in [-0.39, 0.29) is 16.2 Å². The van der Waals surface area contributed by atoms with E-state index in [1.165, 1.54) is 15.9 Å². The van der Waals surface area contributed by atoms with Gasteiger partial charge in [-0.25, -0.2) is 0 Å². The van der Waals surface area contributed by atoms with E-state index in [0.717, 1.165) is 0 Å². The summed E-state index contributed by atoms with van der Waals surface area (Å²) in [4.78, 5) is 0. The second-order valence-electron chi connectivity index (χ2n) is 11.8. The van der Waals surface area contributed by atoms with Crippen LogP contribution < -0.4 is 10.4 Å². The molecule has 0 bridgehead atoms. The first kappa shape index (κ1) is 26.6. The molecule has 34 heavy (non-hydrogen) atoms. The molecule has 0 saturated carbocycles. The fourth-order valence-corrected chi connectivity index (χ4v) is 10.2. The van der Waals surface area contributed by atoms with Crippen LogP contribution in [0.15, 0.2) is 91.0 Å². The van der Waals surface area contributed by atoms with Crippen molar-refractivity contribution in [3.63, 3.8) is 0 Å². The molecule has 182 valence electrons. The Hall–Kier alpha value is -1.99. The Morgan fingerprint density at radius 1 is 0.618 bits per heavy atom. The highest BCUT2D eigenvalue weighted by Gasteiger charge is 2.51. The Balaban J connectivity index is 2.09. The smallest absolute Gasteiger partial charge is 0.261 e. The van der Waals surface area contributed by atoms with Gasteiger partial charge in [0, 0.05) is 0 Å². The van der Waals surface area contributed by atoms with Crippen LogP contribution in [0.2, 0.25) is 23.2 Å². The van der Waals surface area contributed by atoms with Crippen LogP contribution in [0, 0.1) is 0 Å². The summed E-state index contributed by atoms with van der Waals surface area (Å²) >= 11 is 0. The highest BCUT2D eigenvalue weighted by molar-refractivity contribution is 6.99. The summed E-state index contributed by atoms with van der Waals surface area (Å²) in [5, 5.41) is 2.66. The average Bonchev–Trinajstić information content (AvgIpc) is 2.79. The molecular formula is C30H42O2Si2. The Labute approximate surface area is 209 Å². The summed E-state index contributed by atoms with van der Waals surface area (Å²) in [5.74, 6) is 0. The van der Waals surface area contributed by atoms with E-state index >= 15 is 0 Å². The van der Waals surface area contributed by atoms with Crippen molar-refractivity contribution >= 4 is 27.0 Å². The third kappa shape index (κ3) is 5.63. The lowest BCUT2D eigenvalue weighted by atomic mass is 10.1. The highest BCUT2D eigenvalue weighted by Crippen LogP contribution is 2.41. The summed E-state index contributed by atoms with van der Waals surface area (Å²) in [6.07, 6.45) is -0.108. The zero-order valence-electron chi connectivity index (χ0n) is 22.3. The van der Waals surface area contributed by atoms with Gasteiger partial charge in [0.2, 0.25) is 0 Å². The Bertz CT molecular complexity index is 981. The fourth-order valence-electron chi connectivity index (χ4n) is 4.36. The molecule has 0 radical (unpaired) electrons. The van der Waals surface area contributed by atoms with E-state index < -0.39 is 16.6 Å². The van der Waals surface area contributed by atoms with Gasteiger partial charge in [0.15, 0.2) is 8.32 Å². The number of benzene rings is 3. The first-order valence-corrected chi connectivity index (χ1v) is 17.2. The van der Waals surface area contributed by atoms with E-state index in [4.69, 9.17) is 8.85 Å². The molecular weight excluding hydrogens is 449 g/mol. The van der Waals surface area contributed by atoms with Gasteiger partial charge in [0.1, 0.15) is 0 Å². The van der Waals surface area contributed by atoms with Gasteiger partial charge in [-0.3, -0.25) is 0 Å². The summed E-state index contributed by atoms with van der Waals surface area (Å²) in [7, 11) is -4.65. The first-order chi connectivity index (χ1) is 15.9. The molecule has 1 atom stereocenters. The molecule has 0 spiro atoms. The lowest BCUT2D eigenvalue weighted by Crippen LogP contribution is -2.67. The van der Waals surface area contributed by atoms with E-state index in [1.54, 1.807) is 0 Å². The van der Waals surface area contributed by atoms with Crippen LogP contribution in [-0.4, -0.2) is 23.2 Å². The summed E-state index contributed by atoms with van der Waals surface area (Å²) in [6, 6.07) is 32.3. The lowest BCUT2D eigenvalue weighted by molar-refractivity contribution is 0.110. The quantitative estimate of drug-likeness (QED) is 0.308. The predicted octanol–water partition coefficient (Wildman–Crippen LogP) is 7.33. The zero-order chi connectivity index (χ0) is 25.0. The van der Waals surface area contributed by atoms with Crippen LogP contribution in [0.1, 0.15) is 53.2 Å². The molecule has 0 N–H and O–H groups in total. The molecule has 0 fully saturated rings. The maximum absolute atomic E-state index is 7.28. The monoisotopic (exact) mass is 490 g/mol. The maximum Gasteiger partial charge on any atom is 0.261 e. The van der Waals surface area contributed by atoms with Crippen LogP contribution >= 0.6 is 0 Å². The molecule has 0 aliphatic carbocycles. The second kappa shape index (κ2) is 10.3. The van der Waals surface area contributed by atoms with Crippen LogP contribution in [0.5, 0.6) is 0 Å². The summed E-state index contributed by atoms with van der Waals surface area (Å²) in [5.41, 5.74) is 1.19. The van der Waals surface area contributed by atoms with Crippen LogP contribution in [-0.2, 0) is 8.85 Å². The van der Waals surface area contributed by atoms with E-state index in [1.807, 2.05) is 0 Å². The minimum absolute atomic E-state index is 0.0616. The molecule has 0 aromatic heterocycles. The van der Waals surface area contributed by atoms with E-state index in [9.17, 15) is 0 Å². The zero-order valence-corrected chi connectivity index (χ0v) is 24.3. The lowest BCUT2D eigenvalue weighted by Gasteiger charge is -2.45. The van der Waals surface area contributed by atoms with Gasteiger partial charge in [-0.15, -0.1) is 0 Å². The molecule has 3 aromatic rings. The summed E-state index contributed by atoms with van der Waals surface area (Å²) in [6.45, 7) is 19.0. The van der Waals surface area contributed by atoms with Crippen molar-refractivity contribution in [3.05, 3.63) is 96.6 Å². The van der Waals surface area contributed by atoms with Crippen LogP contribution in [0.3, 0.4) is 0 Å². The normalized spacial score (nSPS) is 14.1. The Kier molecular flexibility index (Phi) is 8.08. The molecule has 0 aliphatic heterocycles. The third-order valence-corrected chi connectivity index (χ3v) is 16.8. The van der Waals surface area contributed by atoms with Crippen molar-refractivity contribution in [2.75, 3.05) is 6.61 Å². The Morgan fingerprint density at radius 2 is 1.03 bits per heavy atom. The van der Waals surface area contributed by atoms with Gasteiger partial charge in [0.05, 0.1) is 12.7 Å². The average molecular weight is 491 g/mol. The Morgan fingerprint density at radius 3 is 1.41 bits per heavy atom. The summed E-state index contributed by atoms with van der Waals surface area (Å²) < 4.78 is 14.3. The van der Waals surface area contributed by atoms with Crippen molar-refractivity contribution < 1.29 is 8.85 Å². The molecule has 4 heteroatoms. The fraction of sp³-hybridized carbons (Fsp3) is 0.400. The molecule has 0 saturated heterocycles. The molecule has 0 unspecified atom stereocenters. The van der Waals surface area contributed by atoms with Crippen LogP contribution in [0.4, 0.5) is 0 Å². The van der Waals surface area contributed by atoms with Gasteiger partial charge in [-0.1, -0.05) is 133 Å². The van der Waals surface area contributed by atoms with Crippen molar-refractivity contribution in [3.8, 4) is 0 Å². The molecule has 2 nitrogen and oxygen atoms in total. The van der Waals surface area contributed by atoms with Crippen molar-refractivity contribution in [1.29, 1.82) is 0 Å². The van der Waals surface area contributed by atoms with E-state index in [2.05, 4.69) is 146 Å². The predicted molar refractivity (Wildman–Crippen MR) is 151 cm³/mol. The molecule has 0 amide bonds. The third-order valence-electron chi connectivity index (χ3n) is 7.28. The maximum atomic E-state index is 7.28.